The number of benzene rings is 1. The van der Waals surface area contributed by atoms with Crippen LogP contribution < -0.4 is 19.5 Å². The molecule has 8 heteroatoms. The topological polar surface area (TPSA) is 88.7 Å². The van der Waals surface area contributed by atoms with E-state index in [2.05, 4.69) is 22.4 Å². The molecule has 0 radical (unpaired) electrons. The maximum absolute atomic E-state index is 12.6. The van der Waals surface area contributed by atoms with E-state index in [1.165, 1.54) is 0 Å². The lowest BCUT2D eigenvalue weighted by Gasteiger charge is -2.32. The van der Waals surface area contributed by atoms with Crippen molar-refractivity contribution in [1.29, 1.82) is 0 Å². The molecule has 1 amide bonds. The lowest BCUT2D eigenvalue weighted by molar-refractivity contribution is 0.0695. The Hall–Kier alpha value is -2.74. The zero-order valence-electron chi connectivity index (χ0n) is 14.7. The molecular weight excluding hydrogens is 336 g/mol. The van der Waals surface area contributed by atoms with Gasteiger partial charge in [-0.15, -0.1) is 0 Å². The second-order valence-corrected chi connectivity index (χ2v) is 6.39. The van der Waals surface area contributed by atoms with Crippen LogP contribution in [0.25, 0.3) is 0 Å². The second kappa shape index (κ2) is 7.25. The molecule has 1 aromatic heterocycles. The smallest absolute Gasteiger partial charge is 0.274 e. The fourth-order valence-electron chi connectivity index (χ4n) is 3.12. The summed E-state index contributed by atoms with van der Waals surface area (Å²) < 4.78 is 16.4. The molecule has 0 unspecified atom stereocenters. The largest absolute Gasteiger partial charge is 0.487 e. The zero-order chi connectivity index (χ0) is 17.9. The van der Waals surface area contributed by atoms with Gasteiger partial charge in [-0.3, -0.25) is 9.89 Å². The van der Waals surface area contributed by atoms with E-state index in [1.54, 1.807) is 12.1 Å². The van der Waals surface area contributed by atoms with Gasteiger partial charge in [0.2, 0.25) is 6.79 Å². The van der Waals surface area contributed by atoms with Crippen LogP contribution >= 0.6 is 0 Å². The molecule has 3 heterocycles. The highest BCUT2D eigenvalue weighted by atomic mass is 16.7. The summed E-state index contributed by atoms with van der Waals surface area (Å²) in [7, 11) is 0. The molecule has 2 aliphatic heterocycles. The summed E-state index contributed by atoms with van der Waals surface area (Å²) in [5, 5.41) is 10.4. The van der Waals surface area contributed by atoms with Crippen LogP contribution in [0.3, 0.4) is 0 Å². The number of nitrogens with one attached hydrogen (secondary N) is 2. The first-order chi connectivity index (χ1) is 12.7. The van der Waals surface area contributed by atoms with Gasteiger partial charge in [-0.25, -0.2) is 0 Å². The highest BCUT2D eigenvalue weighted by Gasteiger charge is 2.24. The van der Waals surface area contributed by atoms with Crippen LogP contribution in [-0.2, 0) is 6.61 Å². The zero-order valence-corrected chi connectivity index (χ0v) is 14.7. The van der Waals surface area contributed by atoms with Gasteiger partial charge in [0.1, 0.15) is 12.4 Å². The third-order valence-corrected chi connectivity index (χ3v) is 4.62. The average molecular weight is 358 g/mol. The SMILES string of the molecule is CC[C@@H]1CN(C(=O)c2cc(COc3ccc4c(c3)OCO4)[nH]n2)CCN1. The van der Waals surface area contributed by atoms with Crippen molar-refractivity contribution in [2.24, 2.45) is 0 Å². The van der Waals surface area contributed by atoms with E-state index in [4.69, 9.17) is 14.2 Å². The fourth-order valence-corrected chi connectivity index (χ4v) is 3.12. The number of fused-ring (bicyclic) bond motifs is 1. The number of piperazine rings is 1. The monoisotopic (exact) mass is 358 g/mol. The Balaban J connectivity index is 1.36. The summed E-state index contributed by atoms with van der Waals surface area (Å²) in [6, 6.07) is 7.52. The standard InChI is InChI=1S/C18H22N4O4/c1-2-12-9-22(6-5-19-12)18(23)15-7-13(20-21-15)10-24-14-3-4-16-17(8-14)26-11-25-16/h3-4,7-8,12,19H,2,5-6,9-11H2,1H3,(H,20,21)/t12-/m1/s1. The molecule has 8 nitrogen and oxygen atoms in total. The van der Waals surface area contributed by atoms with Crippen molar-refractivity contribution in [3.8, 4) is 17.2 Å². The van der Waals surface area contributed by atoms with Crippen molar-refractivity contribution in [3.05, 3.63) is 35.7 Å². The number of ether oxygens (including phenoxy) is 3. The highest BCUT2D eigenvalue weighted by Crippen LogP contribution is 2.35. The van der Waals surface area contributed by atoms with Crippen LogP contribution in [0.5, 0.6) is 17.2 Å². The Kier molecular flexibility index (Phi) is 4.66. The van der Waals surface area contributed by atoms with E-state index >= 15 is 0 Å². The molecule has 2 aliphatic rings. The van der Waals surface area contributed by atoms with Gasteiger partial charge in [-0.05, 0) is 24.6 Å². The quantitative estimate of drug-likeness (QED) is 0.843. The first kappa shape index (κ1) is 16.7. The van der Waals surface area contributed by atoms with Gasteiger partial charge in [-0.2, -0.15) is 5.10 Å². The van der Waals surface area contributed by atoms with E-state index in [0.717, 1.165) is 18.7 Å². The van der Waals surface area contributed by atoms with E-state index in [0.29, 0.717) is 48.7 Å². The van der Waals surface area contributed by atoms with Gasteiger partial charge >= 0.3 is 0 Å². The fraction of sp³-hybridized carbons (Fsp3) is 0.444. The molecule has 4 rings (SSSR count). The maximum Gasteiger partial charge on any atom is 0.274 e. The number of aromatic amines is 1. The Morgan fingerprint density at radius 2 is 2.23 bits per heavy atom. The maximum atomic E-state index is 12.6. The minimum atomic E-state index is -0.0458. The van der Waals surface area contributed by atoms with Crippen LogP contribution in [0.2, 0.25) is 0 Å². The van der Waals surface area contributed by atoms with E-state index < -0.39 is 0 Å². The third kappa shape index (κ3) is 3.45. The Labute approximate surface area is 151 Å². The molecule has 2 aromatic rings. The van der Waals surface area contributed by atoms with Crippen molar-refractivity contribution >= 4 is 5.91 Å². The summed E-state index contributed by atoms with van der Waals surface area (Å²) in [5.74, 6) is 2.01. The second-order valence-electron chi connectivity index (χ2n) is 6.39. The number of carbonyl (C=O) groups is 1. The molecule has 0 spiro atoms. The number of carbonyl (C=O) groups excluding carboxylic acids is 1. The van der Waals surface area contributed by atoms with Crippen molar-refractivity contribution in [1.82, 2.24) is 20.4 Å². The molecule has 1 atom stereocenters. The van der Waals surface area contributed by atoms with E-state index in [-0.39, 0.29) is 12.7 Å². The van der Waals surface area contributed by atoms with Crippen LogP contribution in [0.4, 0.5) is 0 Å². The van der Waals surface area contributed by atoms with E-state index in [9.17, 15) is 4.79 Å². The molecule has 0 bridgehead atoms. The number of hydrogen-bond donors (Lipinski definition) is 2. The van der Waals surface area contributed by atoms with Crippen LogP contribution in [0.1, 0.15) is 29.5 Å². The number of amides is 1. The Bertz CT molecular complexity index is 791. The van der Waals surface area contributed by atoms with Crippen molar-refractivity contribution in [2.75, 3.05) is 26.4 Å². The van der Waals surface area contributed by atoms with Crippen LogP contribution in [-0.4, -0.2) is 53.5 Å². The molecule has 1 saturated heterocycles. The lowest BCUT2D eigenvalue weighted by atomic mass is 10.1. The number of nitrogens with zero attached hydrogens (tertiary/aromatic N) is 2. The van der Waals surface area contributed by atoms with Gasteiger partial charge in [-0.1, -0.05) is 6.92 Å². The van der Waals surface area contributed by atoms with Gasteiger partial charge < -0.3 is 24.4 Å². The molecule has 138 valence electrons. The number of rotatable bonds is 5. The van der Waals surface area contributed by atoms with Gasteiger partial charge in [0.25, 0.3) is 5.91 Å². The third-order valence-electron chi connectivity index (χ3n) is 4.62. The minimum Gasteiger partial charge on any atom is -0.487 e. The van der Waals surface area contributed by atoms with Gasteiger partial charge in [0.05, 0.1) is 5.69 Å². The minimum absolute atomic E-state index is 0.0458. The molecule has 0 saturated carbocycles. The van der Waals surface area contributed by atoms with Crippen molar-refractivity contribution in [3.63, 3.8) is 0 Å². The van der Waals surface area contributed by atoms with Crippen LogP contribution in [0.15, 0.2) is 24.3 Å². The average Bonchev–Trinajstić information content (AvgIpc) is 3.34. The normalized spacial score (nSPS) is 18.8. The Morgan fingerprint density at radius 3 is 3.12 bits per heavy atom. The summed E-state index contributed by atoms with van der Waals surface area (Å²) in [4.78, 5) is 14.5. The van der Waals surface area contributed by atoms with Gasteiger partial charge in [0.15, 0.2) is 17.2 Å². The predicted molar refractivity (Wildman–Crippen MR) is 93.5 cm³/mol. The van der Waals surface area contributed by atoms with Crippen molar-refractivity contribution < 1.29 is 19.0 Å². The summed E-state index contributed by atoms with van der Waals surface area (Å²) in [6.07, 6.45) is 0.999. The predicted octanol–water partition coefficient (Wildman–Crippen LogP) is 1.54. The van der Waals surface area contributed by atoms with Gasteiger partial charge in [0, 0.05) is 31.7 Å². The summed E-state index contributed by atoms with van der Waals surface area (Å²) in [6.45, 7) is 4.87. The summed E-state index contributed by atoms with van der Waals surface area (Å²) >= 11 is 0. The molecule has 0 aliphatic carbocycles. The first-order valence-corrected chi connectivity index (χ1v) is 8.82. The molecular formula is C18H22N4O4. The lowest BCUT2D eigenvalue weighted by Crippen LogP contribution is -2.52. The molecule has 1 fully saturated rings. The van der Waals surface area contributed by atoms with Crippen molar-refractivity contribution in [2.45, 2.75) is 26.0 Å². The molecule has 26 heavy (non-hydrogen) atoms. The first-order valence-electron chi connectivity index (χ1n) is 8.82. The molecule has 2 N–H and O–H groups in total. The summed E-state index contributed by atoms with van der Waals surface area (Å²) in [5.41, 5.74) is 1.17. The number of hydrogen-bond acceptors (Lipinski definition) is 6. The number of aromatic nitrogens is 2. The van der Waals surface area contributed by atoms with E-state index in [1.807, 2.05) is 17.0 Å². The molecule has 1 aromatic carbocycles. The Morgan fingerprint density at radius 1 is 1.35 bits per heavy atom. The van der Waals surface area contributed by atoms with Crippen LogP contribution in [0, 0.1) is 0 Å². The number of H-pyrrole nitrogens is 1. The highest BCUT2D eigenvalue weighted by molar-refractivity contribution is 5.92.